The van der Waals surface area contributed by atoms with Crippen LogP contribution in [-0.4, -0.2) is 23.5 Å². The summed E-state index contributed by atoms with van der Waals surface area (Å²) in [7, 11) is 0. The molecule has 0 aliphatic heterocycles. The van der Waals surface area contributed by atoms with Crippen LogP contribution < -0.4 is 5.32 Å². The average Bonchev–Trinajstić information content (AvgIpc) is 2.86. The number of hydrogen-bond acceptors (Lipinski definition) is 3. The van der Waals surface area contributed by atoms with Gasteiger partial charge in [0.15, 0.2) is 0 Å². The number of aliphatic carboxylic acids is 1. The maximum absolute atomic E-state index is 12.4. The molecule has 1 aromatic heterocycles. The van der Waals surface area contributed by atoms with Gasteiger partial charge in [-0.3, -0.25) is 9.59 Å². The first-order chi connectivity index (χ1) is 11.5. The summed E-state index contributed by atoms with van der Waals surface area (Å²) in [6.07, 6.45) is 3.28. The smallest absolute Gasteiger partial charge is 0.311 e. The molecule has 1 aliphatic carbocycles. The van der Waals surface area contributed by atoms with Crippen molar-refractivity contribution in [2.75, 3.05) is 6.54 Å². The highest BCUT2D eigenvalue weighted by molar-refractivity contribution is 5.97. The fourth-order valence-corrected chi connectivity index (χ4v) is 3.30. The topological polar surface area (TPSA) is 79.5 Å². The third-order valence-electron chi connectivity index (χ3n) is 4.65. The zero-order valence-electron chi connectivity index (χ0n) is 13.6. The van der Waals surface area contributed by atoms with Gasteiger partial charge in [-0.1, -0.05) is 30.3 Å². The highest BCUT2D eigenvalue weighted by Crippen LogP contribution is 2.41. The fraction of sp³-hybridized carbons (Fsp3) is 0.368. The highest BCUT2D eigenvalue weighted by atomic mass is 16.4. The first kappa shape index (κ1) is 16.3. The van der Waals surface area contributed by atoms with E-state index in [-0.39, 0.29) is 18.1 Å². The van der Waals surface area contributed by atoms with Crippen LogP contribution in [0.1, 0.15) is 46.0 Å². The Balaban J connectivity index is 1.52. The van der Waals surface area contributed by atoms with Crippen molar-refractivity contribution in [2.24, 2.45) is 5.92 Å². The van der Waals surface area contributed by atoms with Crippen LogP contribution in [0.4, 0.5) is 0 Å². The van der Waals surface area contributed by atoms with E-state index in [1.54, 1.807) is 6.92 Å². The second-order valence-corrected chi connectivity index (χ2v) is 6.44. The van der Waals surface area contributed by atoms with Gasteiger partial charge in [0, 0.05) is 12.1 Å². The summed E-state index contributed by atoms with van der Waals surface area (Å²) in [4.78, 5) is 23.2. The maximum atomic E-state index is 12.4. The van der Waals surface area contributed by atoms with Crippen LogP contribution in [-0.2, 0) is 11.2 Å². The zero-order chi connectivity index (χ0) is 17.1. The van der Waals surface area contributed by atoms with Gasteiger partial charge >= 0.3 is 5.97 Å². The highest BCUT2D eigenvalue weighted by Gasteiger charge is 2.30. The number of benzene rings is 1. The molecule has 5 heteroatoms. The van der Waals surface area contributed by atoms with Gasteiger partial charge in [0.25, 0.3) is 5.91 Å². The predicted octanol–water partition coefficient (Wildman–Crippen LogP) is 3.14. The van der Waals surface area contributed by atoms with Crippen molar-refractivity contribution < 1.29 is 19.1 Å². The van der Waals surface area contributed by atoms with E-state index in [1.807, 2.05) is 6.07 Å². The molecule has 0 saturated heterocycles. The monoisotopic (exact) mass is 327 g/mol. The second-order valence-electron chi connectivity index (χ2n) is 6.44. The quantitative estimate of drug-likeness (QED) is 0.854. The zero-order valence-corrected chi connectivity index (χ0v) is 13.6. The van der Waals surface area contributed by atoms with E-state index < -0.39 is 5.97 Å². The van der Waals surface area contributed by atoms with Gasteiger partial charge in [0.1, 0.15) is 12.2 Å². The molecule has 0 bridgehead atoms. The molecule has 2 N–H and O–H groups in total. The van der Waals surface area contributed by atoms with Crippen molar-refractivity contribution in [3.05, 3.63) is 59.0 Å². The SMILES string of the molecule is Cc1coc(CC(=O)O)c1C(=O)NCC1CC(c2ccccc2)C1. The molecule has 0 radical (unpaired) electrons. The van der Waals surface area contributed by atoms with Crippen molar-refractivity contribution in [1.29, 1.82) is 0 Å². The van der Waals surface area contributed by atoms with Gasteiger partial charge < -0.3 is 14.8 Å². The Kier molecular flexibility index (Phi) is 4.69. The van der Waals surface area contributed by atoms with Gasteiger partial charge in [0.05, 0.1) is 11.8 Å². The maximum Gasteiger partial charge on any atom is 0.311 e. The fourth-order valence-electron chi connectivity index (χ4n) is 3.30. The summed E-state index contributed by atoms with van der Waals surface area (Å²) in [5, 5.41) is 11.8. The van der Waals surface area contributed by atoms with E-state index >= 15 is 0 Å². The summed E-state index contributed by atoms with van der Waals surface area (Å²) in [6, 6.07) is 10.4. The summed E-state index contributed by atoms with van der Waals surface area (Å²) in [5.74, 6) is -0.00218. The number of amides is 1. The Hall–Kier alpha value is -2.56. The molecule has 1 fully saturated rings. The minimum Gasteiger partial charge on any atom is -0.481 e. The molecule has 5 nitrogen and oxygen atoms in total. The van der Waals surface area contributed by atoms with Crippen LogP contribution in [0, 0.1) is 12.8 Å². The molecule has 0 atom stereocenters. The molecule has 1 saturated carbocycles. The molecule has 1 aliphatic rings. The molecule has 3 rings (SSSR count). The number of carbonyl (C=O) groups is 2. The minimum atomic E-state index is -1.01. The van der Waals surface area contributed by atoms with Crippen LogP contribution in [0.25, 0.3) is 0 Å². The molecule has 0 unspecified atom stereocenters. The molecular weight excluding hydrogens is 306 g/mol. The number of carboxylic acids is 1. The number of aryl methyl sites for hydroxylation is 1. The molecule has 2 aromatic rings. The lowest BCUT2D eigenvalue weighted by molar-refractivity contribution is -0.136. The van der Waals surface area contributed by atoms with Crippen LogP contribution in [0.5, 0.6) is 0 Å². The van der Waals surface area contributed by atoms with E-state index in [1.165, 1.54) is 11.8 Å². The Morgan fingerprint density at radius 1 is 1.25 bits per heavy atom. The van der Waals surface area contributed by atoms with Crippen molar-refractivity contribution >= 4 is 11.9 Å². The third-order valence-corrected chi connectivity index (χ3v) is 4.65. The Morgan fingerprint density at radius 3 is 2.62 bits per heavy atom. The van der Waals surface area contributed by atoms with E-state index in [2.05, 4.69) is 29.6 Å². The Labute approximate surface area is 140 Å². The lowest BCUT2D eigenvalue weighted by atomic mass is 9.71. The van der Waals surface area contributed by atoms with Crippen molar-refractivity contribution in [1.82, 2.24) is 5.32 Å². The summed E-state index contributed by atoms with van der Waals surface area (Å²) in [5.41, 5.74) is 2.38. The van der Waals surface area contributed by atoms with Gasteiger partial charge in [-0.25, -0.2) is 0 Å². The summed E-state index contributed by atoms with van der Waals surface area (Å²) in [6.45, 7) is 2.36. The Bertz CT molecular complexity index is 729. The molecular formula is C19H21NO4. The number of nitrogens with one attached hydrogen (secondary N) is 1. The lowest BCUT2D eigenvalue weighted by Crippen LogP contribution is -2.35. The summed E-state index contributed by atoms with van der Waals surface area (Å²) < 4.78 is 5.21. The molecule has 0 spiro atoms. The largest absolute Gasteiger partial charge is 0.481 e. The van der Waals surface area contributed by atoms with Gasteiger partial charge in [-0.05, 0) is 37.2 Å². The van der Waals surface area contributed by atoms with E-state index in [0.717, 1.165) is 12.8 Å². The Morgan fingerprint density at radius 2 is 1.96 bits per heavy atom. The molecule has 1 heterocycles. The molecule has 126 valence electrons. The van der Waals surface area contributed by atoms with Gasteiger partial charge in [0.2, 0.25) is 0 Å². The second kappa shape index (κ2) is 6.91. The lowest BCUT2D eigenvalue weighted by Gasteiger charge is -2.35. The summed E-state index contributed by atoms with van der Waals surface area (Å²) >= 11 is 0. The van der Waals surface area contributed by atoms with Gasteiger partial charge in [-0.15, -0.1) is 0 Å². The standard InChI is InChI=1S/C19H21NO4/c1-12-11-24-16(9-17(21)22)18(12)19(23)20-10-13-7-15(8-13)14-5-3-2-4-6-14/h2-6,11,13,15H,7-10H2,1H3,(H,20,23)(H,21,22). The van der Waals surface area contributed by atoms with Gasteiger partial charge in [-0.2, -0.15) is 0 Å². The number of carbonyl (C=O) groups excluding carboxylic acids is 1. The molecule has 24 heavy (non-hydrogen) atoms. The van der Waals surface area contributed by atoms with Crippen molar-refractivity contribution in [2.45, 2.75) is 32.1 Å². The number of carboxylic acid groups (broad SMARTS) is 1. The minimum absolute atomic E-state index is 0.216. The predicted molar refractivity (Wildman–Crippen MR) is 89.0 cm³/mol. The average molecular weight is 327 g/mol. The van der Waals surface area contributed by atoms with Crippen LogP contribution in [0.2, 0.25) is 0 Å². The van der Waals surface area contributed by atoms with E-state index in [0.29, 0.717) is 29.5 Å². The first-order valence-electron chi connectivity index (χ1n) is 8.16. The van der Waals surface area contributed by atoms with E-state index in [9.17, 15) is 9.59 Å². The first-order valence-corrected chi connectivity index (χ1v) is 8.16. The van der Waals surface area contributed by atoms with Crippen molar-refractivity contribution in [3.8, 4) is 0 Å². The van der Waals surface area contributed by atoms with E-state index in [4.69, 9.17) is 9.52 Å². The molecule has 1 amide bonds. The van der Waals surface area contributed by atoms with Crippen LogP contribution >= 0.6 is 0 Å². The number of furan rings is 1. The number of hydrogen-bond donors (Lipinski definition) is 2. The van der Waals surface area contributed by atoms with Crippen LogP contribution in [0.15, 0.2) is 41.0 Å². The normalized spacial score (nSPS) is 19.5. The van der Waals surface area contributed by atoms with Crippen molar-refractivity contribution in [3.63, 3.8) is 0 Å². The third kappa shape index (κ3) is 3.50. The molecule has 1 aromatic carbocycles. The number of rotatable bonds is 6. The van der Waals surface area contributed by atoms with Crippen LogP contribution in [0.3, 0.4) is 0 Å².